The first kappa shape index (κ1) is 21.4. The van der Waals surface area contributed by atoms with Gasteiger partial charge < -0.3 is 10.2 Å². The summed E-state index contributed by atoms with van der Waals surface area (Å²) in [6.07, 6.45) is 6.07. The van der Waals surface area contributed by atoms with Crippen LogP contribution in [0.5, 0.6) is 0 Å². The van der Waals surface area contributed by atoms with Crippen molar-refractivity contribution in [3.63, 3.8) is 0 Å². The molecule has 6 heteroatoms. The minimum Gasteiger partial charge on any atom is -0.354 e. The van der Waals surface area contributed by atoms with E-state index in [1.807, 2.05) is 12.1 Å². The molecule has 0 saturated carbocycles. The van der Waals surface area contributed by atoms with Crippen LogP contribution in [0, 0.1) is 12.8 Å². The maximum atomic E-state index is 12.8. The molecule has 1 amide bonds. The Balaban J connectivity index is 1.38. The van der Waals surface area contributed by atoms with E-state index in [1.54, 1.807) is 24.2 Å². The molecule has 1 aliphatic heterocycles. The third kappa shape index (κ3) is 5.44. The standard InChI is InChI=1S/C25H28N4OS/c1-3-19-5-4-6-21(17-19)28-24(30)20-11-15-29(16-12-20)23-25(27-14-13-26-23)31-22-9-7-18(2)8-10-22/h4-10,13-14,17,20H,3,11-12,15-16H2,1-2H3,(H,28,30). The van der Waals surface area contributed by atoms with E-state index in [9.17, 15) is 4.79 Å². The SMILES string of the molecule is CCc1cccc(NC(=O)C2CCN(c3nccnc3Sc3ccc(C)cc3)CC2)c1. The molecule has 31 heavy (non-hydrogen) atoms. The van der Waals surface area contributed by atoms with Crippen molar-refractivity contribution >= 4 is 29.2 Å². The molecule has 0 spiro atoms. The lowest BCUT2D eigenvalue weighted by Crippen LogP contribution is -2.38. The number of hydrogen-bond donors (Lipinski definition) is 1. The molecule has 3 aromatic rings. The predicted octanol–water partition coefficient (Wildman–Crippen LogP) is 5.35. The summed E-state index contributed by atoms with van der Waals surface area (Å²) in [7, 11) is 0. The summed E-state index contributed by atoms with van der Waals surface area (Å²) in [4.78, 5) is 25.4. The van der Waals surface area contributed by atoms with Gasteiger partial charge in [0.1, 0.15) is 5.03 Å². The molecule has 1 fully saturated rings. The number of aryl methyl sites for hydroxylation is 2. The summed E-state index contributed by atoms with van der Waals surface area (Å²) >= 11 is 1.63. The third-order valence-corrected chi connectivity index (χ3v) is 6.64. The van der Waals surface area contributed by atoms with E-state index in [1.165, 1.54) is 11.1 Å². The van der Waals surface area contributed by atoms with Gasteiger partial charge in [-0.05, 0) is 56.0 Å². The molecule has 0 unspecified atom stereocenters. The first-order chi connectivity index (χ1) is 15.1. The van der Waals surface area contributed by atoms with Crippen LogP contribution in [-0.2, 0) is 11.2 Å². The molecule has 1 aromatic heterocycles. The largest absolute Gasteiger partial charge is 0.354 e. The molecule has 1 N–H and O–H groups in total. The van der Waals surface area contributed by atoms with Gasteiger partial charge in [0.25, 0.3) is 0 Å². The van der Waals surface area contributed by atoms with Crippen LogP contribution in [0.15, 0.2) is 70.8 Å². The second kappa shape index (κ2) is 9.96. The predicted molar refractivity (Wildman–Crippen MR) is 127 cm³/mol. The van der Waals surface area contributed by atoms with E-state index in [2.05, 4.69) is 70.4 Å². The Morgan fingerprint density at radius 2 is 1.84 bits per heavy atom. The van der Waals surface area contributed by atoms with Crippen LogP contribution in [0.1, 0.15) is 30.9 Å². The normalized spacial score (nSPS) is 14.5. The zero-order valence-corrected chi connectivity index (χ0v) is 18.9. The quantitative estimate of drug-likeness (QED) is 0.569. The van der Waals surface area contributed by atoms with E-state index in [-0.39, 0.29) is 11.8 Å². The summed E-state index contributed by atoms with van der Waals surface area (Å²) < 4.78 is 0. The van der Waals surface area contributed by atoms with E-state index in [0.717, 1.165) is 53.8 Å². The number of anilines is 2. The van der Waals surface area contributed by atoms with Gasteiger partial charge in [-0.2, -0.15) is 0 Å². The zero-order valence-electron chi connectivity index (χ0n) is 18.0. The van der Waals surface area contributed by atoms with Crippen LogP contribution in [0.2, 0.25) is 0 Å². The molecule has 1 aliphatic rings. The first-order valence-electron chi connectivity index (χ1n) is 10.8. The van der Waals surface area contributed by atoms with Gasteiger partial charge >= 0.3 is 0 Å². The first-order valence-corrected chi connectivity index (χ1v) is 11.6. The Morgan fingerprint density at radius 3 is 2.58 bits per heavy atom. The monoisotopic (exact) mass is 432 g/mol. The van der Waals surface area contributed by atoms with E-state index in [0.29, 0.717) is 0 Å². The second-order valence-corrected chi connectivity index (χ2v) is 8.97. The Bertz CT molecular complexity index is 1030. The lowest BCUT2D eigenvalue weighted by molar-refractivity contribution is -0.120. The Labute approximate surface area is 188 Å². The van der Waals surface area contributed by atoms with Gasteiger partial charge in [0.15, 0.2) is 5.82 Å². The summed E-state index contributed by atoms with van der Waals surface area (Å²) in [6, 6.07) is 16.5. The molecular formula is C25H28N4OS. The van der Waals surface area contributed by atoms with Gasteiger partial charge in [-0.15, -0.1) is 0 Å². The Hall–Kier alpha value is -2.86. The van der Waals surface area contributed by atoms with Crippen LogP contribution in [0.4, 0.5) is 11.5 Å². The van der Waals surface area contributed by atoms with Crippen molar-refractivity contribution in [2.24, 2.45) is 5.92 Å². The van der Waals surface area contributed by atoms with Crippen molar-refractivity contribution in [2.45, 2.75) is 43.0 Å². The van der Waals surface area contributed by atoms with Crippen molar-refractivity contribution in [2.75, 3.05) is 23.3 Å². The lowest BCUT2D eigenvalue weighted by atomic mass is 9.95. The maximum Gasteiger partial charge on any atom is 0.227 e. The number of hydrogen-bond acceptors (Lipinski definition) is 5. The van der Waals surface area contributed by atoms with Crippen LogP contribution in [0.25, 0.3) is 0 Å². The van der Waals surface area contributed by atoms with Crippen LogP contribution in [0.3, 0.4) is 0 Å². The molecule has 160 valence electrons. The number of nitrogens with zero attached hydrogens (tertiary/aromatic N) is 3. The highest BCUT2D eigenvalue weighted by atomic mass is 32.2. The molecule has 0 bridgehead atoms. The average molecular weight is 433 g/mol. The third-order valence-electron chi connectivity index (χ3n) is 5.65. The van der Waals surface area contributed by atoms with Gasteiger partial charge in [-0.3, -0.25) is 4.79 Å². The fourth-order valence-electron chi connectivity index (χ4n) is 3.79. The average Bonchev–Trinajstić information content (AvgIpc) is 2.81. The van der Waals surface area contributed by atoms with Gasteiger partial charge in [0.05, 0.1) is 0 Å². The number of piperidine rings is 1. The zero-order chi connectivity index (χ0) is 21.6. The fourth-order valence-corrected chi connectivity index (χ4v) is 4.67. The molecule has 1 saturated heterocycles. The number of carbonyl (C=O) groups excluding carboxylic acids is 1. The molecule has 5 nitrogen and oxygen atoms in total. The van der Waals surface area contributed by atoms with Crippen LogP contribution >= 0.6 is 11.8 Å². The van der Waals surface area contributed by atoms with E-state index >= 15 is 0 Å². The molecule has 0 radical (unpaired) electrons. The molecular weight excluding hydrogens is 404 g/mol. The lowest BCUT2D eigenvalue weighted by Gasteiger charge is -2.32. The van der Waals surface area contributed by atoms with E-state index in [4.69, 9.17) is 0 Å². The number of benzene rings is 2. The highest BCUT2D eigenvalue weighted by Crippen LogP contribution is 2.34. The number of amides is 1. The highest BCUT2D eigenvalue weighted by molar-refractivity contribution is 7.99. The van der Waals surface area contributed by atoms with Crippen molar-refractivity contribution in [3.05, 3.63) is 72.1 Å². The van der Waals surface area contributed by atoms with Crippen molar-refractivity contribution in [1.82, 2.24) is 9.97 Å². The van der Waals surface area contributed by atoms with Crippen LogP contribution < -0.4 is 10.2 Å². The minimum absolute atomic E-state index is 0.0198. The summed E-state index contributed by atoms with van der Waals surface area (Å²) in [6.45, 7) is 5.80. The van der Waals surface area contributed by atoms with Gasteiger partial charge in [0, 0.05) is 42.0 Å². The maximum absolute atomic E-state index is 12.8. The Kier molecular flexibility index (Phi) is 6.87. The molecule has 2 aromatic carbocycles. The molecule has 0 atom stereocenters. The van der Waals surface area contributed by atoms with Gasteiger partial charge in [0.2, 0.25) is 5.91 Å². The fraction of sp³-hybridized carbons (Fsp3) is 0.320. The number of aromatic nitrogens is 2. The molecule has 4 rings (SSSR count). The van der Waals surface area contributed by atoms with E-state index < -0.39 is 0 Å². The van der Waals surface area contributed by atoms with Crippen molar-refractivity contribution < 1.29 is 4.79 Å². The Morgan fingerprint density at radius 1 is 1.10 bits per heavy atom. The molecule has 2 heterocycles. The van der Waals surface area contributed by atoms with Crippen LogP contribution in [-0.4, -0.2) is 29.0 Å². The summed E-state index contributed by atoms with van der Waals surface area (Å²) in [5, 5.41) is 4.01. The topological polar surface area (TPSA) is 58.1 Å². The smallest absolute Gasteiger partial charge is 0.227 e. The minimum atomic E-state index is 0.0198. The number of nitrogens with one attached hydrogen (secondary N) is 1. The van der Waals surface area contributed by atoms with Crippen molar-refractivity contribution in [3.8, 4) is 0 Å². The van der Waals surface area contributed by atoms with Gasteiger partial charge in [-0.1, -0.05) is 48.5 Å². The number of rotatable bonds is 6. The number of carbonyl (C=O) groups is 1. The highest BCUT2D eigenvalue weighted by Gasteiger charge is 2.27. The van der Waals surface area contributed by atoms with Gasteiger partial charge in [-0.25, -0.2) is 9.97 Å². The summed E-state index contributed by atoms with van der Waals surface area (Å²) in [5.41, 5.74) is 3.36. The second-order valence-electron chi connectivity index (χ2n) is 7.90. The molecule has 0 aliphatic carbocycles. The summed E-state index contributed by atoms with van der Waals surface area (Å²) in [5.74, 6) is 1.04. The van der Waals surface area contributed by atoms with Crippen molar-refractivity contribution in [1.29, 1.82) is 0 Å².